The van der Waals surface area contributed by atoms with E-state index >= 15 is 0 Å². The largest absolute Gasteiger partial charge is 0.497 e. The van der Waals surface area contributed by atoms with E-state index in [1.165, 1.54) is 44.3 Å². The van der Waals surface area contributed by atoms with Crippen LogP contribution in [0.3, 0.4) is 0 Å². The van der Waals surface area contributed by atoms with Gasteiger partial charge in [0.2, 0.25) is 0 Å². The zero-order chi connectivity index (χ0) is 16.5. The molecule has 130 valence electrons. The molecule has 1 aliphatic rings. The van der Waals surface area contributed by atoms with Crippen LogP contribution in [0.4, 0.5) is 0 Å². The number of nitrogens with one attached hydrogen (secondary N) is 1. The Labute approximate surface area is 141 Å². The maximum Gasteiger partial charge on any atom is 0.122 e. The van der Waals surface area contributed by atoms with Gasteiger partial charge < -0.3 is 19.7 Å². The molecule has 0 spiro atoms. The highest BCUT2D eigenvalue weighted by atomic mass is 16.5. The summed E-state index contributed by atoms with van der Waals surface area (Å²) in [6, 6.07) is 6.62. The van der Waals surface area contributed by atoms with E-state index < -0.39 is 0 Å². The molecule has 1 saturated heterocycles. The van der Waals surface area contributed by atoms with Crippen molar-refractivity contribution in [1.29, 1.82) is 0 Å². The summed E-state index contributed by atoms with van der Waals surface area (Å²) < 4.78 is 10.7. The SMILES string of the molecule is COc1cc(CCNC(C)CN2CCCCCC2)cc(OC)c1. The van der Waals surface area contributed by atoms with Gasteiger partial charge in [0.25, 0.3) is 0 Å². The second-order valence-electron chi connectivity index (χ2n) is 6.54. The maximum atomic E-state index is 5.33. The maximum absolute atomic E-state index is 5.33. The van der Waals surface area contributed by atoms with Crippen molar-refractivity contribution in [2.75, 3.05) is 40.4 Å². The standard InChI is InChI=1S/C19H32N2O2/c1-16(15-21-10-6-4-5-7-11-21)20-9-8-17-12-18(22-2)14-19(13-17)23-3/h12-14,16,20H,4-11,15H2,1-3H3. The highest BCUT2D eigenvalue weighted by molar-refractivity contribution is 5.38. The van der Waals surface area contributed by atoms with Gasteiger partial charge >= 0.3 is 0 Å². The summed E-state index contributed by atoms with van der Waals surface area (Å²) in [7, 11) is 3.39. The van der Waals surface area contributed by atoms with Gasteiger partial charge in [-0.15, -0.1) is 0 Å². The number of hydrogen-bond donors (Lipinski definition) is 1. The molecule has 2 rings (SSSR count). The predicted octanol–water partition coefficient (Wildman–Crippen LogP) is 3.10. The lowest BCUT2D eigenvalue weighted by atomic mass is 10.1. The van der Waals surface area contributed by atoms with Gasteiger partial charge in [-0.3, -0.25) is 0 Å². The topological polar surface area (TPSA) is 33.7 Å². The molecule has 1 aromatic rings. The summed E-state index contributed by atoms with van der Waals surface area (Å²) in [6.45, 7) is 6.95. The first-order chi connectivity index (χ1) is 11.2. The molecular weight excluding hydrogens is 288 g/mol. The monoisotopic (exact) mass is 320 g/mol. The second kappa shape index (κ2) is 9.78. The molecular formula is C19H32N2O2. The molecule has 1 heterocycles. The van der Waals surface area contributed by atoms with Gasteiger partial charge in [-0.05, 0) is 63.5 Å². The lowest BCUT2D eigenvalue weighted by molar-refractivity contribution is 0.256. The fourth-order valence-corrected chi connectivity index (χ4v) is 3.24. The van der Waals surface area contributed by atoms with Crippen molar-refractivity contribution >= 4 is 0 Å². The van der Waals surface area contributed by atoms with E-state index in [0.717, 1.165) is 31.0 Å². The summed E-state index contributed by atoms with van der Waals surface area (Å²) in [5.74, 6) is 1.72. The van der Waals surface area contributed by atoms with Crippen molar-refractivity contribution < 1.29 is 9.47 Å². The molecule has 0 aromatic heterocycles. The Bertz CT molecular complexity index is 434. The molecule has 1 unspecified atom stereocenters. The summed E-state index contributed by atoms with van der Waals surface area (Å²) in [4.78, 5) is 2.61. The minimum absolute atomic E-state index is 0.528. The van der Waals surface area contributed by atoms with Crippen molar-refractivity contribution in [3.05, 3.63) is 23.8 Å². The van der Waals surface area contributed by atoms with E-state index in [2.05, 4.69) is 29.3 Å². The Morgan fingerprint density at radius 3 is 2.17 bits per heavy atom. The van der Waals surface area contributed by atoms with Crippen LogP contribution in [-0.4, -0.2) is 51.3 Å². The van der Waals surface area contributed by atoms with Gasteiger partial charge in [-0.1, -0.05) is 12.8 Å². The van der Waals surface area contributed by atoms with Crippen LogP contribution in [-0.2, 0) is 6.42 Å². The minimum atomic E-state index is 0.528. The number of benzene rings is 1. The Balaban J connectivity index is 1.75. The quantitative estimate of drug-likeness (QED) is 0.798. The highest BCUT2D eigenvalue weighted by Crippen LogP contribution is 2.22. The van der Waals surface area contributed by atoms with Crippen LogP contribution >= 0.6 is 0 Å². The molecule has 0 amide bonds. The summed E-state index contributed by atoms with van der Waals surface area (Å²) in [6.07, 6.45) is 6.50. The van der Waals surface area contributed by atoms with E-state index in [1.54, 1.807) is 14.2 Å². The van der Waals surface area contributed by atoms with Gasteiger partial charge in [-0.2, -0.15) is 0 Å². The van der Waals surface area contributed by atoms with Crippen LogP contribution in [0.25, 0.3) is 0 Å². The molecule has 23 heavy (non-hydrogen) atoms. The van der Waals surface area contributed by atoms with E-state index in [-0.39, 0.29) is 0 Å². The molecule has 1 fully saturated rings. The normalized spacial score (nSPS) is 17.5. The Morgan fingerprint density at radius 1 is 1.00 bits per heavy atom. The van der Waals surface area contributed by atoms with E-state index in [0.29, 0.717) is 6.04 Å². The third-order valence-corrected chi connectivity index (χ3v) is 4.55. The van der Waals surface area contributed by atoms with Crippen LogP contribution in [0.1, 0.15) is 38.2 Å². The van der Waals surface area contributed by atoms with Gasteiger partial charge in [0.05, 0.1) is 14.2 Å². The lowest BCUT2D eigenvalue weighted by Crippen LogP contribution is -2.40. The van der Waals surface area contributed by atoms with E-state index in [1.807, 2.05) is 6.07 Å². The Hall–Kier alpha value is -1.26. The number of likely N-dealkylation sites (tertiary alicyclic amines) is 1. The molecule has 0 bridgehead atoms. The fraction of sp³-hybridized carbons (Fsp3) is 0.684. The van der Waals surface area contributed by atoms with Crippen molar-refractivity contribution in [3.8, 4) is 11.5 Å². The highest BCUT2D eigenvalue weighted by Gasteiger charge is 2.12. The summed E-state index contributed by atoms with van der Waals surface area (Å²) >= 11 is 0. The Kier molecular flexibility index (Phi) is 7.69. The first kappa shape index (κ1) is 18.1. The lowest BCUT2D eigenvalue weighted by Gasteiger charge is -2.24. The molecule has 1 aromatic carbocycles. The van der Waals surface area contributed by atoms with Gasteiger partial charge in [-0.25, -0.2) is 0 Å². The van der Waals surface area contributed by atoms with E-state index in [4.69, 9.17) is 9.47 Å². The zero-order valence-electron chi connectivity index (χ0n) is 14.9. The summed E-state index contributed by atoms with van der Waals surface area (Å²) in [5.41, 5.74) is 1.25. The van der Waals surface area contributed by atoms with Crippen LogP contribution in [0, 0.1) is 0 Å². The van der Waals surface area contributed by atoms with Crippen molar-refractivity contribution in [3.63, 3.8) is 0 Å². The van der Waals surface area contributed by atoms with Crippen LogP contribution in [0.5, 0.6) is 11.5 Å². The number of rotatable bonds is 8. The number of hydrogen-bond acceptors (Lipinski definition) is 4. The van der Waals surface area contributed by atoms with Gasteiger partial charge in [0.15, 0.2) is 0 Å². The third kappa shape index (κ3) is 6.40. The van der Waals surface area contributed by atoms with Gasteiger partial charge in [0.1, 0.15) is 11.5 Å². The molecule has 1 aliphatic heterocycles. The third-order valence-electron chi connectivity index (χ3n) is 4.55. The molecule has 0 radical (unpaired) electrons. The molecule has 1 atom stereocenters. The second-order valence-corrected chi connectivity index (χ2v) is 6.54. The molecule has 1 N–H and O–H groups in total. The van der Waals surface area contributed by atoms with Gasteiger partial charge in [0, 0.05) is 18.7 Å². The zero-order valence-corrected chi connectivity index (χ0v) is 14.9. The van der Waals surface area contributed by atoms with Crippen LogP contribution in [0.15, 0.2) is 18.2 Å². The molecule has 4 heteroatoms. The average molecular weight is 320 g/mol. The van der Waals surface area contributed by atoms with Crippen LogP contribution < -0.4 is 14.8 Å². The van der Waals surface area contributed by atoms with E-state index in [9.17, 15) is 0 Å². The molecule has 4 nitrogen and oxygen atoms in total. The number of nitrogens with zero attached hydrogens (tertiary/aromatic N) is 1. The predicted molar refractivity (Wildman–Crippen MR) is 95.6 cm³/mol. The van der Waals surface area contributed by atoms with Crippen molar-refractivity contribution in [2.24, 2.45) is 0 Å². The number of ether oxygens (including phenoxy) is 2. The first-order valence-corrected chi connectivity index (χ1v) is 8.89. The molecule has 0 aliphatic carbocycles. The number of methoxy groups -OCH3 is 2. The van der Waals surface area contributed by atoms with Crippen molar-refractivity contribution in [1.82, 2.24) is 10.2 Å². The van der Waals surface area contributed by atoms with Crippen molar-refractivity contribution in [2.45, 2.75) is 45.1 Å². The first-order valence-electron chi connectivity index (χ1n) is 8.89. The Morgan fingerprint density at radius 2 is 1.61 bits per heavy atom. The van der Waals surface area contributed by atoms with Crippen LogP contribution in [0.2, 0.25) is 0 Å². The molecule has 0 saturated carbocycles. The fourth-order valence-electron chi connectivity index (χ4n) is 3.24. The summed E-state index contributed by atoms with van der Waals surface area (Å²) in [5, 5.41) is 3.65. The minimum Gasteiger partial charge on any atom is -0.497 e. The average Bonchev–Trinajstić information content (AvgIpc) is 2.83. The smallest absolute Gasteiger partial charge is 0.122 e.